The quantitative estimate of drug-likeness (QED) is 0.179. The van der Waals surface area contributed by atoms with Gasteiger partial charge in [0.05, 0.1) is 26.2 Å². The maximum absolute atomic E-state index is 14.5. The van der Waals surface area contributed by atoms with E-state index in [4.69, 9.17) is 4.98 Å². The molecule has 0 radical (unpaired) electrons. The Morgan fingerprint density at radius 2 is 0.918 bits per heavy atom. The molecule has 0 saturated carbocycles. The molecule has 0 bridgehead atoms. The zero-order chi connectivity index (χ0) is 40.5. The topological polar surface area (TPSA) is 52.0 Å². The fraction of sp³-hybridized carbons (Fsp3) is 0.0179. The molecule has 1 aliphatic heterocycles. The van der Waals surface area contributed by atoms with E-state index < -0.39 is 15.3 Å². The molecule has 1 spiro atoms. The number of hydrogen-bond acceptors (Lipinski definition) is 3. The van der Waals surface area contributed by atoms with Crippen LogP contribution in [0.1, 0.15) is 22.3 Å². The lowest BCUT2D eigenvalue weighted by Crippen LogP contribution is -2.29. The van der Waals surface area contributed by atoms with Gasteiger partial charge in [-0.2, -0.15) is 0 Å². The van der Waals surface area contributed by atoms with E-state index in [9.17, 15) is 8.42 Å². The van der Waals surface area contributed by atoms with Crippen molar-refractivity contribution in [3.05, 3.63) is 229 Å². The van der Waals surface area contributed by atoms with Crippen LogP contribution in [-0.4, -0.2) is 18.0 Å². The van der Waals surface area contributed by atoms with Crippen LogP contribution in [0.15, 0.2) is 216 Å². The Hall–Kier alpha value is -7.60. The first-order chi connectivity index (χ1) is 30.0. The van der Waals surface area contributed by atoms with Gasteiger partial charge in [-0.25, -0.2) is 13.4 Å². The molecule has 1 atom stereocenters. The molecule has 5 heteroatoms. The number of nitrogens with zero attached hydrogens (tertiary/aromatic N) is 2. The number of para-hydroxylation sites is 1. The highest BCUT2D eigenvalue weighted by Crippen LogP contribution is 2.63. The first-order valence-corrected chi connectivity index (χ1v) is 22.1. The van der Waals surface area contributed by atoms with Gasteiger partial charge in [0.25, 0.3) is 0 Å². The number of aromatic nitrogens is 2. The van der Waals surface area contributed by atoms with Crippen molar-refractivity contribution in [2.75, 3.05) is 0 Å². The van der Waals surface area contributed by atoms with Gasteiger partial charge in [0, 0.05) is 22.4 Å². The van der Waals surface area contributed by atoms with Crippen molar-refractivity contribution in [1.29, 1.82) is 0 Å². The summed E-state index contributed by atoms with van der Waals surface area (Å²) in [5.74, 6) is 0.886. The minimum absolute atomic E-state index is 0.366. The molecule has 0 N–H and O–H groups in total. The predicted molar refractivity (Wildman–Crippen MR) is 245 cm³/mol. The Morgan fingerprint density at radius 1 is 0.377 bits per heavy atom. The standard InChI is InChI=1S/C56H34N2O2S/c59-61(60)53-26-14-11-23-44(53)46-33-45-42-22-10-13-25-48(42)56(50(45)34-54(46)61)47-24-12-9-21-41(47)39-19-7-8-20-40(39)43-29-27-36(31-49(43)56)37-28-30-52-51(32-37)57-55(35-15-3-1-4-16-35)58(52)38-17-5-2-6-18-38/h1-34H. The van der Waals surface area contributed by atoms with Crippen molar-refractivity contribution in [3.8, 4) is 72.7 Å². The van der Waals surface area contributed by atoms with Gasteiger partial charge in [0.1, 0.15) is 5.82 Å². The van der Waals surface area contributed by atoms with E-state index in [0.717, 1.165) is 106 Å². The second kappa shape index (κ2) is 12.5. The average Bonchev–Trinajstić information content (AvgIpc) is 3.89. The lowest BCUT2D eigenvalue weighted by molar-refractivity contribution is 0.598. The molecule has 0 saturated heterocycles. The molecular formula is C56H34N2O2S. The van der Waals surface area contributed by atoms with Gasteiger partial charge in [-0.3, -0.25) is 4.57 Å². The second-order valence-electron chi connectivity index (χ2n) is 16.2. The molecule has 286 valence electrons. The zero-order valence-electron chi connectivity index (χ0n) is 32.7. The normalized spacial score (nSPS) is 15.9. The number of fused-ring (bicyclic) bond motifs is 16. The van der Waals surface area contributed by atoms with Gasteiger partial charge in [0.2, 0.25) is 9.84 Å². The Balaban J connectivity index is 1.11. The third-order valence-electron chi connectivity index (χ3n) is 13.2. The zero-order valence-corrected chi connectivity index (χ0v) is 33.6. The molecule has 61 heavy (non-hydrogen) atoms. The highest BCUT2D eigenvalue weighted by atomic mass is 32.2. The Kier molecular flexibility index (Phi) is 7.00. The fourth-order valence-electron chi connectivity index (χ4n) is 10.6. The van der Waals surface area contributed by atoms with Gasteiger partial charge in [-0.15, -0.1) is 0 Å². The smallest absolute Gasteiger partial charge is 0.207 e. The van der Waals surface area contributed by atoms with Crippen LogP contribution in [-0.2, 0) is 15.3 Å². The molecule has 1 aromatic heterocycles. The van der Waals surface area contributed by atoms with E-state index in [-0.39, 0.29) is 0 Å². The van der Waals surface area contributed by atoms with Crippen LogP contribution in [0.2, 0.25) is 0 Å². The summed E-state index contributed by atoms with van der Waals surface area (Å²) in [5, 5.41) is 0. The molecule has 4 nitrogen and oxygen atoms in total. The van der Waals surface area contributed by atoms with E-state index in [2.05, 4.69) is 168 Å². The van der Waals surface area contributed by atoms with Gasteiger partial charge in [0.15, 0.2) is 0 Å². The van der Waals surface area contributed by atoms with Gasteiger partial charge < -0.3 is 0 Å². The summed E-state index contributed by atoms with van der Waals surface area (Å²) in [4.78, 5) is 6.04. The lowest BCUT2D eigenvalue weighted by atomic mass is 9.65. The first-order valence-electron chi connectivity index (χ1n) is 20.6. The Morgan fingerprint density at radius 3 is 1.64 bits per heavy atom. The van der Waals surface area contributed by atoms with E-state index in [0.29, 0.717) is 9.79 Å². The van der Waals surface area contributed by atoms with Crippen LogP contribution in [0.5, 0.6) is 0 Å². The number of rotatable bonds is 3. The van der Waals surface area contributed by atoms with Crippen molar-refractivity contribution < 1.29 is 8.42 Å². The Labute approximate surface area is 353 Å². The SMILES string of the molecule is O=S1(=O)c2ccccc2-c2cc3c(cc21)C1(c2ccccc2-c2ccccc2-c2ccc(-c4ccc5c(c4)nc(-c4ccccc4)n5-c4ccccc4)cc21)c1ccccc1-3. The third kappa shape index (κ3) is 4.58. The number of benzene rings is 9. The predicted octanol–water partition coefficient (Wildman–Crippen LogP) is 13.2. The summed E-state index contributed by atoms with van der Waals surface area (Å²) in [6.07, 6.45) is 0. The highest BCUT2D eigenvalue weighted by Gasteiger charge is 2.51. The van der Waals surface area contributed by atoms with Gasteiger partial charge in [-0.05, 0) is 115 Å². The average molecular weight is 799 g/mol. The van der Waals surface area contributed by atoms with Crippen molar-refractivity contribution >= 4 is 20.9 Å². The number of sulfone groups is 1. The van der Waals surface area contributed by atoms with Crippen LogP contribution in [0, 0.1) is 0 Å². The third-order valence-corrected chi connectivity index (χ3v) is 15.0. The molecule has 13 rings (SSSR count). The van der Waals surface area contributed by atoms with Gasteiger partial charge >= 0.3 is 0 Å². The minimum Gasteiger partial charge on any atom is -0.292 e. The van der Waals surface area contributed by atoms with Gasteiger partial charge in [-0.1, -0.05) is 158 Å². The molecule has 3 aliphatic rings. The summed E-state index contributed by atoms with van der Waals surface area (Å²) < 4.78 is 31.2. The second-order valence-corrected chi connectivity index (χ2v) is 18.1. The molecule has 2 heterocycles. The first kappa shape index (κ1) is 34.3. The van der Waals surface area contributed by atoms with E-state index in [1.165, 1.54) is 0 Å². The van der Waals surface area contributed by atoms with Crippen LogP contribution < -0.4 is 0 Å². The molecule has 10 aromatic rings. The fourth-order valence-corrected chi connectivity index (χ4v) is 12.3. The van der Waals surface area contributed by atoms with E-state index in [1.54, 1.807) is 6.07 Å². The van der Waals surface area contributed by atoms with Crippen LogP contribution in [0.4, 0.5) is 0 Å². The molecular weight excluding hydrogens is 765 g/mol. The Bertz CT molecular complexity index is 3610. The molecule has 0 fully saturated rings. The van der Waals surface area contributed by atoms with Crippen molar-refractivity contribution in [2.45, 2.75) is 15.2 Å². The molecule has 0 amide bonds. The van der Waals surface area contributed by atoms with Crippen LogP contribution >= 0.6 is 0 Å². The maximum atomic E-state index is 14.5. The summed E-state index contributed by atoms with van der Waals surface area (Å²) in [6, 6.07) is 71.9. The number of imidazole rings is 1. The minimum atomic E-state index is -3.77. The van der Waals surface area contributed by atoms with E-state index in [1.807, 2.05) is 36.4 Å². The van der Waals surface area contributed by atoms with Crippen LogP contribution in [0.3, 0.4) is 0 Å². The van der Waals surface area contributed by atoms with Crippen molar-refractivity contribution in [2.24, 2.45) is 0 Å². The number of hydrogen-bond donors (Lipinski definition) is 0. The summed E-state index contributed by atoms with van der Waals surface area (Å²) in [6.45, 7) is 0. The van der Waals surface area contributed by atoms with Crippen LogP contribution in [0.25, 0.3) is 83.7 Å². The lowest BCUT2D eigenvalue weighted by Gasteiger charge is -2.36. The summed E-state index contributed by atoms with van der Waals surface area (Å²) in [5.41, 5.74) is 17.9. The van der Waals surface area contributed by atoms with Crippen molar-refractivity contribution in [3.63, 3.8) is 0 Å². The summed E-state index contributed by atoms with van der Waals surface area (Å²) in [7, 11) is -3.77. The molecule has 2 aliphatic carbocycles. The summed E-state index contributed by atoms with van der Waals surface area (Å²) >= 11 is 0. The highest BCUT2D eigenvalue weighted by molar-refractivity contribution is 7.92. The molecule has 9 aromatic carbocycles. The molecule has 1 unspecified atom stereocenters. The maximum Gasteiger partial charge on any atom is 0.207 e. The monoisotopic (exact) mass is 798 g/mol. The largest absolute Gasteiger partial charge is 0.292 e. The van der Waals surface area contributed by atoms with E-state index >= 15 is 0 Å². The van der Waals surface area contributed by atoms with Crippen molar-refractivity contribution in [1.82, 2.24) is 9.55 Å².